The van der Waals surface area contributed by atoms with Crippen LogP contribution in [0.4, 0.5) is 14.9 Å². The second-order valence-corrected chi connectivity index (χ2v) is 7.15. The Morgan fingerprint density at radius 3 is 2.22 bits per heavy atom. The molecule has 2 aromatic rings. The molecule has 0 N–H and O–H groups in total. The molecule has 0 atom stereocenters. The molecule has 0 aliphatic carbocycles. The van der Waals surface area contributed by atoms with Crippen LogP contribution in [0.25, 0.3) is 6.08 Å². The molecule has 1 saturated heterocycles. The van der Waals surface area contributed by atoms with Crippen molar-refractivity contribution in [2.24, 2.45) is 0 Å². The predicted molar refractivity (Wildman–Crippen MR) is 108 cm³/mol. The van der Waals surface area contributed by atoms with E-state index in [-0.39, 0.29) is 23.5 Å². The maximum atomic E-state index is 13.0. The van der Waals surface area contributed by atoms with Gasteiger partial charge in [0.2, 0.25) is 0 Å². The quantitative estimate of drug-likeness (QED) is 0.664. The number of carbonyl (C=O) groups excluding carboxylic acids is 2. The SMILES string of the molecule is CCN(CC)c1ccc(C=C2SC(=O)N(Cc3ccc(F)cc3)C2=O)cc1. The zero-order chi connectivity index (χ0) is 19.4. The lowest BCUT2D eigenvalue weighted by atomic mass is 10.1. The zero-order valence-electron chi connectivity index (χ0n) is 15.3. The van der Waals surface area contributed by atoms with Gasteiger partial charge in [-0.25, -0.2) is 4.39 Å². The highest BCUT2D eigenvalue weighted by molar-refractivity contribution is 8.18. The van der Waals surface area contributed by atoms with Gasteiger partial charge < -0.3 is 4.90 Å². The molecule has 4 nitrogen and oxygen atoms in total. The van der Waals surface area contributed by atoms with E-state index < -0.39 is 0 Å². The van der Waals surface area contributed by atoms with Crippen molar-refractivity contribution in [1.82, 2.24) is 4.90 Å². The summed E-state index contributed by atoms with van der Waals surface area (Å²) in [6.07, 6.45) is 1.74. The summed E-state index contributed by atoms with van der Waals surface area (Å²) >= 11 is 0.933. The highest BCUT2D eigenvalue weighted by Gasteiger charge is 2.34. The van der Waals surface area contributed by atoms with Gasteiger partial charge in [-0.2, -0.15) is 0 Å². The number of imide groups is 1. The normalized spacial score (nSPS) is 15.7. The van der Waals surface area contributed by atoms with Crippen LogP contribution in [0.15, 0.2) is 53.4 Å². The second-order valence-electron chi connectivity index (χ2n) is 6.16. The lowest BCUT2D eigenvalue weighted by Crippen LogP contribution is -2.27. The number of carbonyl (C=O) groups is 2. The maximum absolute atomic E-state index is 13.0. The first-order valence-corrected chi connectivity index (χ1v) is 9.68. The van der Waals surface area contributed by atoms with Gasteiger partial charge in [-0.15, -0.1) is 0 Å². The number of halogens is 1. The number of hydrogen-bond acceptors (Lipinski definition) is 4. The van der Waals surface area contributed by atoms with Gasteiger partial charge in [-0.1, -0.05) is 24.3 Å². The van der Waals surface area contributed by atoms with Crippen LogP contribution in [0.2, 0.25) is 0 Å². The molecule has 1 aliphatic heterocycles. The molecule has 6 heteroatoms. The van der Waals surface area contributed by atoms with Crippen molar-refractivity contribution in [2.75, 3.05) is 18.0 Å². The van der Waals surface area contributed by atoms with E-state index in [2.05, 4.69) is 18.7 Å². The minimum atomic E-state index is -0.346. The van der Waals surface area contributed by atoms with Crippen LogP contribution >= 0.6 is 11.8 Å². The monoisotopic (exact) mass is 384 g/mol. The van der Waals surface area contributed by atoms with Gasteiger partial charge in [0.1, 0.15) is 5.82 Å². The Morgan fingerprint density at radius 2 is 1.63 bits per heavy atom. The Labute approximate surface area is 162 Å². The average molecular weight is 384 g/mol. The number of amides is 2. The molecule has 140 valence electrons. The molecule has 1 aliphatic rings. The van der Waals surface area contributed by atoms with Crippen molar-refractivity contribution >= 4 is 34.7 Å². The van der Waals surface area contributed by atoms with E-state index in [0.717, 1.165) is 36.1 Å². The van der Waals surface area contributed by atoms with Crippen LogP contribution in [-0.4, -0.2) is 29.1 Å². The fourth-order valence-electron chi connectivity index (χ4n) is 2.93. The van der Waals surface area contributed by atoms with Crippen LogP contribution in [0.3, 0.4) is 0 Å². The summed E-state index contributed by atoms with van der Waals surface area (Å²) in [7, 11) is 0. The number of anilines is 1. The summed E-state index contributed by atoms with van der Waals surface area (Å²) in [6, 6.07) is 13.7. The van der Waals surface area contributed by atoms with E-state index in [4.69, 9.17) is 0 Å². The highest BCUT2D eigenvalue weighted by atomic mass is 32.2. The summed E-state index contributed by atoms with van der Waals surface area (Å²) < 4.78 is 13.0. The Bertz CT molecular complexity index is 859. The van der Waals surface area contributed by atoms with Crippen LogP contribution in [0.1, 0.15) is 25.0 Å². The van der Waals surface area contributed by atoms with Crippen LogP contribution in [-0.2, 0) is 11.3 Å². The van der Waals surface area contributed by atoms with Crippen molar-refractivity contribution in [3.63, 3.8) is 0 Å². The Balaban J connectivity index is 1.74. The Morgan fingerprint density at radius 1 is 1.00 bits per heavy atom. The lowest BCUT2D eigenvalue weighted by Gasteiger charge is -2.20. The molecule has 2 aromatic carbocycles. The second kappa shape index (κ2) is 8.39. The molecule has 3 rings (SSSR count). The zero-order valence-corrected chi connectivity index (χ0v) is 16.1. The van der Waals surface area contributed by atoms with Crippen molar-refractivity contribution in [2.45, 2.75) is 20.4 Å². The van der Waals surface area contributed by atoms with Gasteiger partial charge in [0.25, 0.3) is 11.1 Å². The first kappa shape index (κ1) is 19.2. The molecule has 0 saturated carbocycles. The number of rotatable bonds is 6. The number of hydrogen-bond donors (Lipinski definition) is 0. The maximum Gasteiger partial charge on any atom is 0.293 e. The number of thioether (sulfide) groups is 1. The van der Waals surface area contributed by atoms with E-state index in [1.807, 2.05) is 24.3 Å². The molecule has 0 spiro atoms. The summed E-state index contributed by atoms with van der Waals surface area (Å²) in [6.45, 7) is 6.21. The molecule has 0 aromatic heterocycles. The first-order chi connectivity index (χ1) is 13.0. The van der Waals surface area contributed by atoms with Gasteiger partial charge in [-0.05, 0) is 67.1 Å². The van der Waals surface area contributed by atoms with Gasteiger partial charge in [0.15, 0.2) is 0 Å². The predicted octanol–water partition coefficient (Wildman–Crippen LogP) is 4.91. The molecule has 0 radical (unpaired) electrons. The van der Waals surface area contributed by atoms with E-state index in [1.165, 1.54) is 17.0 Å². The van der Waals surface area contributed by atoms with Gasteiger partial charge in [-0.3, -0.25) is 14.5 Å². The Kier molecular flexibility index (Phi) is 5.96. The molecule has 0 unspecified atom stereocenters. The molecule has 1 fully saturated rings. The summed E-state index contributed by atoms with van der Waals surface area (Å²) in [5.41, 5.74) is 2.71. The largest absolute Gasteiger partial charge is 0.372 e. The standard InChI is InChI=1S/C21H21FN2O2S/c1-3-23(4-2)18-11-7-15(8-12-18)13-19-20(25)24(21(26)27-19)14-16-5-9-17(22)10-6-16/h5-13H,3-4,14H2,1-2H3. The number of nitrogens with zero attached hydrogens (tertiary/aromatic N) is 2. The van der Waals surface area contributed by atoms with E-state index >= 15 is 0 Å². The number of benzene rings is 2. The molecular formula is C21H21FN2O2S. The third kappa shape index (κ3) is 4.39. The Hall–Kier alpha value is -2.60. The third-order valence-electron chi connectivity index (χ3n) is 4.45. The fraction of sp³-hybridized carbons (Fsp3) is 0.238. The summed E-state index contributed by atoms with van der Waals surface area (Å²) in [4.78, 5) is 28.6. The molecule has 2 amide bonds. The van der Waals surface area contributed by atoms with Crippen molar-refractivity contribution < 1.29 is 14.0 Å². The fourth-order valence-corrected chi connectivity index (χ4v) is 3.77. The summed E-state index contributed by atoms with van der Waals surface area (Å²) in [5.74, 6) is -0.664. The minimum absolute atomic E-state index is 0.142. The van der Waals surface area contributed by atoms with Gasteiger partial charge in [0, 0.05) is 18.8 Å². The average Bonchev–Trinajstić information content (AvgIpc) is 2.93. The lowest BCUT2D eigenvalue weighted by molar-refractivity contribution is -0.123. The van der Waals surface area contributed by atoms with Crippen LogP contribution in [0, 0.1) is 5.82 Å². The highest BCUT2D eigenvalue weighted by Crippen LogP contribution is 2.33. The molecule has 0 bridgehead atoms. The topological polar surface area (TPSA) is 40.6 Å². The van der Waals surface area contributed by atoms with Crippen LogP contribution in [0.5, 0.6) is 0 Å². The molecule has 1 heterocycles. The minimum Gasteiger partial charge on any atom is -0.372 e. The van der Waals surface area contributed by atoms with Crippen molar-refractivity contribution in [1.29, 1.82) is 0 Å². The van der Waals surface area contributed by atoms with E-state index in [0.29, 0.717) is 10.5 Å². The van der Waals surface area contributed by atoms with Crippen LogP contribution < -0.4 is 4.90 Å². The molecule has 27 heavy (non-hydrogen) atoms. The van der Waals surface area contributed by atoms with Crippen molar-refractivity contribution in [3.8, 4) is 0 Å². The van der Waals surface area contributed by atoms with E-state index in [9.17, 15) is 14.0 Å². The van der Waals surface area contributed by atoms with Gasteiger partial charge >= 0.3 is 0 Å². The molecular weight excluding hydrogens is 363 g/mol. The first-order valence-electron chi connectivity index (χ1n) is 8.86. The van der Waals surface area contributed by atoms with E-state index in [1.54, 1.807) is 18.2 Å². The van der Waals surface area contributed by atoms with Gasteiger partial charge in [0.05, 0.1) is 11.4 Å². The smallest absolute Gasteiger partial charge is 0.293 e. The summed E-state index contributed by atoms with van der Waals surface area (Å²) in [5, 5.41) is -0.310. The third-order valence-corrected chi connectivity index (χ3v) is 5.35. The van der Waals surface area contributed by atoms with Crippen molar-refractivity contribution in [3.05, 3.63) is 70.4 Å².